The fourth-order valence-corrected chi connectivity index (χ4v) is 2.88. The molecule has 0 saturated carbocycles. The molecule has 0 radical (unpaired) electrons. The van der Waals surface area contributed by atoms with Gasteiger partial charge in [-0.25, -0.2) is 4.79 Å². The molecule has 3 N–H and O–H groups in total. The number of nitrogens with one attached hydrogen (secondary N) is 1. The van der Waals surface area contributed by atoms with Crippen molar-refractivity contribution in [2.75, 3.05) is 0 Å². The van der Waals surface area contributed by atoms with Gasteiger partial charge in [-0.15, -0.1) is 0 Å². The van der Waals surface area contributed by atoms with Gasteiger partial charge >= 0.3 is 16.4 Å². The zero-order valence-electron chi connectivity index (χ0n) is 12.5. The van der Waals surface area contributed by atoms with E-state index in [-0.39, 0.29) is 11.1 Å². The van der Waals surface area contributed by atoms with Crippen LogP contribution in [-0.4, -0.2) is 29.0 Å². The van der Waals surface area contributed by atoms with Crippen LogP contribution in [0.2, 0.25) is 0 Å². The van der Waals surface area contributed by atoms with Crippen LogP contribution in [0.3, 0.4) is 0 Å². The second-order valence-electron chi connectivity index (χ2n) is 5.07. The van der Waals surface area contributed by atoms with Crippen LogP contribution < -0.4 is 9.61 Å². The second-order valence-corrected chi connectivity index (χ2v) is 6.09. The number of aromatic carboxylic acids is 1. The first kappa shape index (κ1) is 16.7. The molecule has 0 aliphatic rings. The molecular weight excluding hydrogens is 350 g/mol. The van der Waals surface area contributed by atoms with Crippen LogP contribution in [0.25, 0.3) is 22.0 Å². The molecule has 0 aliphatic carbocycles. The standard InChI is InChI=1S/C16H11NO7S/c18-15-11-6-3-5-10(14(11)17-8-12(15)16(19)20)9-4-1-2-7-13(9)24-25(21,22)23/h1-8H,(H,17,18)(H,19,20)(H,21,22,23). The Bertz CT molecular complexity index is 1150. The van der Waals surface area contributed by atoms with E-state index in [9.17, 15) is 18.0 Å². The molecule has 128 valence electrons. The summed E-state index contributed by atoms with van der Waals surface area (Å²) in [5.41, 5.74) is -0.0671. The highest BCUT2D eigenvalue weighted by Gasteiger charge is 2.17. The van der Waals surface area contributed by atoms with Gasteiger partial charge in [0.05, 0.1) is 5.52 Å². The van der Waals surface area contributed by atoms with Gasteiger partial charge in [0.1, 0.15) is 5.56 Å². The van der Waals surface area contributed by atoms with Gasteiger partial charge in [-0.2, -0.15) is 8.42 Å². The third-order valence-corrected chi connectivity index (χ3v) is 3.91. The zero-order chi connectivity index (χ0) is 18.2. The van der Waals surface area contributed by atoms with Gasteiger partial charge in [0, 0.05) is 22.7 Å². The fraction of sp³-hybridized carbons (Fsp3) is 0. The molecule has 0 bridgehead atoms. The summed E-state index contributed by atoms with van der Waals surface area (Å²) in [6.45, 7) is 0. The molecule has 0 fully saturated rings. The highest BCUT2D eigenvalue weighted by molar-refractivity contribution is 7.81. The number of hydrogen-bond donors (Lipinski definition) is 3. The number of pyridine rings is 1. The van der Waals surface area contributed by atoms with Gasteiger partial charge in [-0.1, -0.05) is 30.3 Å². The van der Waals surface area contributed by atoms with E-state index in [2.05, 4.69) is 9.17 Å². The number of carboxylic acids is 1. The first-order valence-electron chi connectivity index (χ1n) is 6.92. The Balaban J connectivity index is 2.30. The maximum absolute atomic E-state index is 12.3. The van der Waals surface area contributed by atoms with Crippen molar-refractivity contribution >= 4 is 27.3 Å². The quantitative estimate of drug-likeness (QED) is 0.606. The first-order valence-corrected chi connectivity index (χ1v) is 8.28. The molecule has 9 heteroatoms. The average Bonchev–Trinajstić information content (AvgIpc) is 2.54. The molecule has 0 saturated heterocycles. The van der Waals surface area contributed by atoms with Crippen molar-refractivity contribution in [1.82, 2.24) is 4.98 Å². The fourth-order valence-electron chi connectivity index (χ4n) is 2.51. The lowest BCUT2D eigenvalue weighted by Crippen LogP contribution is -2.15. The number of para-hydroxylation sites is 2. The third-order valence-electron chi connectivity index (χ3n) is 3.52. The average molecular weight is 361 g/mol. The van der Waals surface area contributed by atoms with Crippen LogP contribution in [0.5, 0.6) is 5.75 Å². The van der Waals surface area contributed by atoms with Crippen molar-refractivity contribution in [3.05, 3.63) is 64.4 Å². The molecule has 0 aliphatic heterocycles. The van der Waals surface area contributed by atoms with Crippen LogP contribution in [0.1, 0.15) is 10.4 Å². The predicted molar refractivity (Wildman–Crippen MR) is 89.1 cm³/mol. The maximum atomic E-state index is 12.3. The number of aromatic amines is 1. The number of carboxylic acid groups (broad SMARTS) is 1. The monoisotopic (exact) mass is 361 g/mol. The second kappa shape index (κ2) is 6.04. The van der Waals surface area contributed by atoms with E-state index < -0.39 is 27.4 Å². The van der Waals surface area contributed by atoms with Crippen LogP contribution >= 0.6 is 0 Å². The van der Waals surface area contributed by atoms with Crippen LogP contribution in [0.4, 0.5) is 0 Å². The van der Waals surface area contributed by atoms with Crippen molar-refractivity contribution in [2.24, 2.45) is 0 Å². The Morgan fingerprint density at radius 3 is 2.40 bits per heavy atom. The Morgan fingerprint density at radius 1 is 1.04 bits per heavy atom. The molecule has 25 heavy (non-hydrogen) atoms. The van der Waals surface area contributed by atoms with Crippen molar-refractivity contribution < 1.29 is 27.1 Å². The number of fused-ring (bicyclic) bond motifs is 1. The van der Waals surface area contributed by atoms with Crippen LogP contribution in [-0.2, 0) is 10.4 Å². The van der Waals surface area contributed by atoms with E-state index in [0.717, 1.165) is 6.20 Å². The lowest BCUT2D eigenvalue weighted by molar-refractivity contribution is 0.0695. The van der Waals surface area contributed by atoms with E-state index in [1.807, 2.05) is 0 Å². The lowest BCUT2D eigenvalue weighted by Gasteiger charge is -2.11. The number of benzene rings is 2. The number of aromatic nitrogens is 1. The van der Waals surface area contributed by atoms with E-state index >= 15 is 0 Å². The van der Waals surface area contributed by atoms with E-state index in [0.29, 0.717) is 16.6 Å². The summed E-state index contributed by atoms with van der Waals surface area (Å²) >= 11 is 0. The first-order chi connectivity index (χ1) is 11.8. The molecular formula is C16H11NO7S. The molecule has 3 aromatic rings. The predicted octanol–water partition coefficient (Wildman–Crippen LogP) is 2.07. The number of rotatable bonds is 4. The topological polar surface area (TPSA) is 134 Å². The highest BCUT2D eigenvalue weighted by atomic mass is 32.3. The molecule has 0 spiro atoms. The Kier molecular flexibility index (Phi) is 4.03. The highest BCUT2D eigenvalue weighted by Crippen LogP contribution is 2.34. The van der Waals surface area contributed by atoms with Crippen molar-refractivity contribution in [1.29, 1.82) is 0 Å². The molecule has 1 heterocycles. The summed E-state index contributed by atoms with van der Waals surface area (Å²) < 4.78 is 35.6. The van der Waals surface area contributed by atoms with E-state index in [4.69, 9.17) is 9.66 Å². The molecule has 2 aromatic carbocycles. The molecule has 1 aromatic heterocycles. The Labute approximate surface area is 141 Å². The summed E-state index contributed by atoms with van der Waals surface area (Å²) in [5, 5.41) is 9.17. The summed E-state index contributed by atoms with van der Waals surface area (Å²) in [7, 11) is -4.74. The normalized spacial score (nSPS) is 11.4. The lowest BCUT2D eigenvalue weighted by atomic mass is 10.0. The van der Waals surface area contributed by atoms with Crippen molar-refractivity contribution in [2.45, 2.75) is 0 Å². The van der Waals surface area contributed by atoms with Gasteiger partial charge in [-0.3, -0.25) is 9.35 Å². The largest absolute Gasteiger partial charge is 0.477 e. The smallest absolute Gasteiger partial charge is 0.446 e. The van der Waals surface area contributed by atoms with Crippen LogP contribution in [0, 0.1) is 0 Å². The molecule has 0 unspecified atom stereocenters. The van der Waals surface area contributed by atoms with Crippen molar-refractivity contribution in [3.63, 3.8) is 0 Å². The van der Waals surface area contributed by atoms with Gasteiger partial charge in [0.15, 0.2) is 5.75 Å². The maximum Gasteiger partial charge on any atom is 0.446 e. The van der Waals surface area contributed by atoms with Gasteiger partial charge < -0.3 is 14.3 Å². The Morgan fingerprint density at radius 2 is 1.72 bits per heavy atom. The minimum absolute atomic E-state index is 0.124. The molecule has 3 rings (SSSR count). The summed E-state index contributed by atoms with van der Waals surface area (Å²) in [6.07, 6.45) is 1.07. The minimum Gasteiger partial charge on any atom is -0.477 e. The molecule has 8 nitrogen and oxygen atoms in total. The van der Waals surface area contributed by atoms with Crippen LogP contribution in [0.15, 0.2) is 53.5 Å². The SMILES string of the molecule is O=C(O)c1c[nH]c2c(-c3ccccc3OS(=O)(=O)O)cccc2c1=O. The molecule has 0 atom stereocenters. The number of carbonyl (C=O) groups is 1. The van der Waals surface area contributed by atoms with Gasteiger partial charge in [-0.05, 0) is 12.1 Å². The number of H-pyrrole nitrogens is 1. The van der Waals surface area contributed by atoms with Gasteiger partial charge in [0.25, 0.3) is 0 Å². The Hall–Kier alpha value is -3.17. The summed E-state index contributed by atoms with van der Waals surface area (Å²) in [5.74, 6) is -1.50. The number of hydrogen-bond acceptors (Lipinski definition) is 5. The third kappa shape index (κ3) is 3.23. The van der Waals surface area contributed by atoms with Crippen molar-refractivity contribution in [3.8, 4) is 16.9 Å². The minimum atomic E-state index is -4.74. The molecule has 0 amide bonds. The van der Waals surface area contributed by atoms with Gasteiger partial charge in [0.2, 0.25) is 5.43 Å². The van der Waals surface area contributed by atoms with E-state index in [1.54, 1.807) is 18.2 Å². The van der Waals surface area contributed by atoms with E-state index in [1.165, 1.54) is 24.3 Å². The summed E-state index contributed by atoms with van der Waals surface area (Å²) in [6, 6.07) is 10.6. The zero-order valence-corrected chi connectivity index (χ0v) is 13.3. The summed E-state index contributed by atoms with van der Waals surface area (Å²) in [4.78, 5) is 26.1.